The van der Waals surface area contributed by atoms with E-state index in [9.17, 15) is 14.7 Å². The van der Waals surface area contributed by atoms with Gasteiger partial charge in [-0.05, 0) is 12.8 Å². The van der Waals surface area contributed by atoms with Crippen LogP contribution in [0.1, 0.15) is 12.8 Å². The molecule has 136 valence electrons. The standard InChI is InChI=1S/C15H22ClNO7/c1-3-6-22-9-15(20)12(21-2)10(4-5-14(15)8-23-14)24-13(19)17-11(18)7-16/h3,10,12,20H,1,4-9H2,2H3,(H,17,18,19)/t10-,12-,14+,15-/m1/s1. The molecular weight excluding hydrogens is 342 g/mol. The number of halogens is 1. The Morgan fingerprint density at radius 1 is 1.54 bits per heavy atom. The molecule has 2 fully saturated rings. The molecule has 2 rings (SSSR count). The molecule has 0 radical (unpaired) electrons. The summed E-state index contributed by atoms with van der Waals surface area (Å²) in [5.41, 5.74) is -2.25. The first kappa shape index (κ1) is 19.1. The van der Waals surface area contributed by atoms with Crippen LogP contribution in [0.4, 0.5) is 4.79 Å². The molecule has 0 aromatic carbocycles. The van der Waals surface area contributed by atoms with E-state index >= 15 is 0 Å². The van der Waals surface area contributed by atoms with Gasteiger partial charge >= 0.3 is 6.09 Å². The molecule has 1 heterocycles. The van der Waals surface area contributed by atoms with Crippen LogP contribution in [0.25, 0.3) is 0 Å². The number of hydrogen-bond donors (Lipinski definition) is 2. The van der Waals surface area contributed by atoms with Crippen LogP contribution in [0.3, 0.4) is 0 Å². The summed E-state index contributed by atoms with van der Waals surface area (Å²) in [6.45, 7) is 4.14. The van der Waals surface area contributed by atoms with Crippen LogP contribution >= 0.6 is 11.6 Å². The normalized spacial score (nSPS) is 34.6. The molecule has 1 spiro atoms. The molecule has 0 unspecified atom stereocenters. The zero-order valence-corrected chi connectivity index (χ0v) is 14.2. The van der Waals surface area contributed by atoms with Gasteiger partial charge in [0.1, 0.15) is 29.3 Å². The van der Waals surface area contributed by atoms with Crippen molar-refractivity contribution in [2.75, 3.05) is 32.8 Å². The maximum atomic E-state index is 11.8. The number of amides is 2. The van der Waals surface area contributed by atoms with E-state index in [4.69, 9.17) is 30.5 Å². The van der Waals surface area contributed by atoms with E-state index in [1.807, 2.05) is 5.32 Å². The summed E-state index contributed by atoms with van der Waals surface area (Å²) in [6.07, 6.45) is -0.101. The smallest absolute Gasteiger partial charge is 0.414 e. The number of alkyl carbamates (subject to hydrolysis) is 1. The molecule has 0 bridgehead atoms. The Morgan fingerprint density at radius 2 is 2.25 bits per heavy atom. The molecular formula is C15H22ClNO7. The second-order valence-electron chi connectivity index (χ2n) is 5.83. The van der Waals surface area contributed by atoms with Crippen molar-refractivity contribution in [1.29, 1.82) is 0 Å². The second kappa shape index (κ2) is 7.79. The Kier molecular flexibility index (Phi) is 6.22. The monoisotopic (exact) mass is 363 g/mol. The summed E-state index contributed by atoms with van der Waals surface area (Å²) >= 11 is 5.33. The molecule has 1 saturated heterocycles. The summed E-state index contributed by atoms with van der Waals surface area (Å²) in [7, 11) is 1.41. The highest BCUT2D eigenvalue weighted by Crippen LogP contribution is 2.50. The highest BCUT2D eigenvalue weighted by Gasteiger charge is 2.69. The van der Waals surface area contributed by atoms with Crippen molar-refractivity contribution in [1.82, 2.24) is 5.32 Å². The number of nitrogens with one attached hydrogen (secondary N) is 1. The van der Waals surface area contributed by atoms with Gasteiger partial charge in [0.15, 0.2) is 0 Å². The third-order valence-corrected chi connectivity index (χ3v) is 4.60. The Hall–Kier alpha value is -1.19. The first-order valence-electron chi connectivity index (χ1n) is 7.56. The molecule has 0 aromatic heterocycles. The van der Waals surface area contributed by atoms with Gasteiger partial charge in [-0.25, -0.2) is 4.79 Å². The van der Waals surface area contributed by atoms with Gasteiger partial charge in [0, 0.05) is 7.11 Å². The number of imide groups is 1. The molecule has 2 amide bonds. The third-order valence-electron chi connectivity index (χ3n) is 4.36. The van der Waals surface area contributed by atoms with E-state index in [-0.39, 0.29) is 19.1 Å². The van der Waals surface area contributed by atoms with Gasteiger partial charge in [0.05, 0.1) is 19.8 Å². The van der Waals surface area contributed by atoms with Crippen molar-refractivity contribution in [2.45, 2.75) is 36.3 Å². The summed E-state index contributed by atoms with van der Waals surface area (Å²) in [5, 5.41) is 13.1. The van der Waals surface area contributed by atoms with E-state index in [0.29, 0.717) is 19.4 Å². The van der Waals surface area contributed by atoms with E-state index in [1.54, 1.807) is 6.08 Å². The average molecular weight is 364 g/mol. The minimum atomic E-state index is -1.48. The number of epoxide rings is 1. The molecule has 4 atom stereocenters. The minimum Gasteiger partial charge on any atom is -0.443 e. The van der Waals surface area contributed by atoms with Crippen LogP contribution < -0.4 is 5.32 Å². The summed E-state index contributed by atoms with van der Waals surface area (Å²) in [5.74, 6) is -1.03. The molecule has 8 nitrogen and oxygen atoms in total. The lowest BCUT2D eigenvalue weighted by molar-refractivity contribution is -0.217. The quantitative estimate of drug-likeness (QED) is 0.291. The van der Waals surface area contributed by atoms with Gasteiger partial charge in [-0.1, -0.05) is 6.08 Å². The van der Waals surface area contributed by atoms with Crippen molar-refractivity contribution < 1.29 is 33.6 Å². The predicted octanol–water partition coefficient (Wildman–Crippen LogP) is 0.358. The van der Waals surface area contributed by atoms with Crippen molar-refractivity contribution in [3.63, 3.8) is 0 Å². The van der Waals surface area contributed by atoms with E-state index in [2.05, 4.69) is 6.58 Å². The lowest BCUT2D eigenvalue weighted by Gasteiger charge is -2.46. The molecule has 2 aliphatic rings. The van der Waals surface area contributed by atoms with Crippen LogP contribution in [0, 0.1) is 0 Å². The molecule has 1 aliphatic heterocycles. The highest BCUT2D eigenvalue weighted by atomic mass is 35.5. The van der Waals surface area contributed by atoms with Gasteiger partial charge in [0.2, 0.25) is 5.91 Å². The Labute approximate surface area is 145 Å². The fourth-order valence-corrected chi connectivity index (χ4v) is 3.15. The molecule has 24 heavy (non-hydrogen) atoms. The Morgan fingerprint density at radius 3 is 2.79 bits per heavy atom. The summed E-state index contributed by atoms with van der Waals surface area (Å²) in [6, 6.07) is 0. The first-order valence-corrected chi connectivity index (χ1v) is 8.10. The Balaban J connectivity index is 2.09. The number of carbonyl (C=O) groups excluding carboxylic acids is 2. The predicted molar refractivity (Wildman–Crippen MR) is 83.8 cm³/mol. The van der Waals surface area contributed by atoms with Crippen LogP contribution in [0.5, 0.6) is 0 Å². The minimum absolute atomic E-state index is 0.0559. The van der Waals surface area contributed by atoms with Crippen LogP contribution in [-0.2, 0) is 23.7 Å². The van der Waals surface area contributed by atoms with Gasteiger partial charge in [0.25, 0.3) is 0 Å². The largest absolute Gasteiger partial charge is 0.443 e. The number of ether oxygens (including phenoxy) is 4. The number of rotatable bonds is 7. The number of hydrogen-bond acceptors (Lipinski definition) is 7. The van der Waals surface area contributed by atoms with Crippen LogP contribution in [0.2, 0.25) is 0 Å². The average Bonchev–Trinajstić information content (AvgIpc) is 3.33. The zero-order valence-electron chi connectivity index (χ0n) is 13.5. The molecule has 9 heteroatoms. The lowest BCUT2D eigenvalue weighted by atomic mass is 9.72. The highest BCUT2D eigenvalue weighted by molar-refractivity contribution is 6.28. The number of methoxy groups -OCH3 is 1. The van der Waals surface area contributed by atoms with Gasteiger partial charge in [-0.15, -0.1) is 18.2 Å². The number of carbonyl (C=O) groups is 2. The first-order chi connectivity index (χ1) is 11.4. The van der Waals surface area contributed by atoms with Crippen molar-refractivity contribution >= 4 is 23.6 Å². The molecule has 1 saturated carbocycles. The number of alkyl halides is 1. The zero-order chi connectivity index (χ0) is 17.8. The van der Waals surface area contributed by atoms with E-state index in [0.717, 1.165) is 0 Å². The second-order valence-corrected chi connectivity index (χ2v) is 6.10. The van der Waals surface area contributed by atoms with E-state index in [1.165, 1.54) is 7.11 Å². The fraction of sp³-hybridized carbons (Fsp3) is 0.733. The summed E-state index contributed by atoms with van der Waals surface area (Å²) < 4.78 is 21.6. The molecule has 1 aliphatic carbocycles. The third kappa shape index (κ3) is 3.73. The molecule has 2 N–H and O–H groups in total. The lowest BCUT2D eigenvalue weighted by Crippen LogP contribution is -2.66. The van der Waals surface area contributed by atoms with Gasteiger partial charge < -0.3 is 24.1 Å². The molecule has 0 aromatic rings. The summed E-state index contributed by atoms with van der Waals surface area (Å²) in [4.78, 5) is 22.9. The maximum Gasteiger partial charge on any atom is 0.414 e. The van der Waals surface area contributed by atoms with Crippen molar-refractivity contribution in [3.8, 4) is 0 Å². The van der Waals surface area contributed by atoms with Crippen molar-refractivity contribution in [2.24, 2.45) is 0 Å². The maximum absolute atomic E-state index is 11.8. The van der Waals surface area contributed by atoms with Crippen molar-refractivity contribution in [3.05, 3.63) is 12.7 Å². The Bertz CT molecular complexity index is 496. The van der Waals surface area contributed by atoms with Gasteiger partial charge in [-0.2, -0.15) is 0 Å². The van der Waals surface area contributed by atoms with Crippen LogP contribution in [-0.4, -0.2) is 73.3 Å². The van der Waals surface area contributed by atoms with E-state index < -0.39 is 35.4 Å². The fourth-order valence-electron chi connectivity index (χ4n) is 3.08. The topological polar surface area (TPSA) is 107 Å². The van der Waals surface area contributed by atoms with Crippen LogP contribution in [0.15, 0.2) is 12.7 Å². The SMILES string of the molecule is C=CCOC[C@@]1(O)[C@H](OC)[C@H](OC(=O)NC(=O)CCl)CC[C@]12CO2. The van der Waals surface area contributed by atoms with Gasteiger partial charge in [-0.3, -0.25) is 10.1 Å². The number of aliphatic hydroxyl groups is 1.